The van der Waals surface area contributed by atoms with Crippen molar-refractivity contribution < 1.29 is 32.6 Å². The number of thiophene rings is 1. The van der Waals surface area contributed by atoms with E-state index in [1.165, 1.54) is 28.6 Å². The molecule has 2 heterocycles. The Morgan fingerprint density at radius 2 is 2.09 bits per heavy atom. The van der Waals surface area contributed by atoms with Crippen LogP contribution in [-0.4, -0.2) is 57.3 Å². The Morgan fingerprint density at radius 3 is 2.74 bits per heavy atom. The Bertz CT molecular complexity index is 1120. The molecule has 0 saturated carbocycles. The zero-order valence-electron chi connectivity index (χ0n) is 19.1. The summed E-state index contributed by atoms with van der Waals surface area (Å²) in [7, 11) is -2.07. The molecule has 0 fully saturated rings. The second-order valence-corrected chi connectivity index (χ2v) is 11.7. The molecule has 2 N–H and O–H groups in total. The maximum Gasteiger partial charge on any atom is 0.422 e. The van der Waals surface area contributed by atoms with Gasteiger partial charge >= 0.3 is 6.09 Å². The highest BCUT2D eigenvalue weighted by Gasteiger charge is 2.38. The van der Waals surface area contributed by atoms with Crippen LogP contribution in [0.1, 0.15) is 30.5 Å². The Hall–Kier alpha value is -2.43. The first-order valence-corrected chi connectivity index (χ1v) is 13.7. The van der Waals surface area contributed by atoms with Gasteiger partial charge in [0.1, 0.15) is 16.6 Å². The molecule has 35 heavy (non-hydrogen) atoms. The molecule has 0 spiro atoms. The molecular formula is C20H26N4O8S3. The fourth-order valence-corrected chi connectivity index (χ4v) is 7.65. The van der Waals surface area contributed by atoms with E-state index in [9.17, 15) is 23.3 Å². The van der Waals surface area contributed by atoms with Gasteiger partial charge < -0.3 is 19.6 Å². The third-order valence-electron chi connectivity index (χ3n) is 4.95. The van der Waals surface area contributed by atoms with Crippen LogP contribution in [0.2, 0.25) is 0 Å². The summed E-state index contributed by atoms with van der Waals surface area (Å²) < 4.78 is 41.4. The van der Waals surface area contributed by atoms with E-state index in [4.69, 9.17) is 9.47 Å². The fourth-order valence-electron chi connectivity index (χ4n) is 3.40. The molecule has 15 heteroatoms. The predicted molar refractivity (Wildman–Crippen MR) is 129 cm³/mol. The summed E-state index contributed by atoms with van der Waals surface area (Å²) in [5, 5.41) is 12.7. The van der Waals surface area contributed by atoms with Gasteiger partial charge in [-0.3, -0.25) is 4.72 Å². The normalized spacial score (nSPS) is 16.9. The summed E-state index contributed by atoms with van der Waals surface area (Å²) in [6.45, 7) is 3.58. The minimum absolute atomic E-state index is 0.156. The molecule has 1 amide bonds. The molecule has 12 nitrogen and oxygen atoms in total. The van der Waals surface area contributed by atoms with E-state index in [-0.39, 0.29) is 22.6 Å². The highest BCUT2D eigenvalue weighted by atomic mass is 32.3. The van der Waals surface area contributed by atoms with Gasteiger partial charge in [-0.25, -0.2) is 13.2 Å². The van der Waals surface area contributed by atoms with Crippen molar-refractivity contribution in [1.82, 2.24) is 14.3 Å². The molecule has 1 aliphatic rings. The summed E-state index contributed by atoms with van der Waals surface area (Å²) in [5.41, 5.74) is 1.23. The van der Waals surface area contributed by atoms with E-state index in [1.807, 2.05) is 6.92 Å². The van der Waals surface area contributed by atoms with Crippen LogP contribution in [0.15, 0.2) is 38.8 Å². The molecule has 1 atom stereocenters. The molecular weight excluding hydrogens is 520 g/mol. The maximum atomic E-state index is 13.2. The second kappa shape index (κ2) is 12.5. The lowest BCUT2D eigenvalue weighted by Gasteiger charge is -2.32. The van der Waals surface area contributed by atoms with Crippen LogP contribution in [0.4, 0.5) is 4.79 Å². The number of nitrogens with zero attached hydrogens (tertiary/aromatic N) is 2. The quantitative estimate of drug-likeness (QED) is 0.176. The SMILES string of the molecule is CCNC1CN(CCCOC)S(=O)(=O)c2sc(SNC(=O)Oc3ccc(CO[N+](=O)[O-])cc3)cc21. The molecule has 0 radical (unpaired) electrons. The lowest BCUT2D eigenvalue weighted by Crippen LogP contribution is -2.43. The number of methoxy groups -OCH3 is 1. The van der Waals surface area contributed by atoms with Gasteiger partial charge in [-0.05, 0) is 36.7 Å². The number of benzene rings is 1. The van der Waals surface area contributed by atoms with Crippen molar-refractivity contribution in [3.63, 3.8) is 0 Å². The minimum Gasteiger partial charge on any atom is -0.410 e. The van der Waals surface area contributed by atoms with Crippen LogP contribution in [0.25, 0.3) is 0 Å². The molecule has 0 bridgehead atoms. The van der Waals surface area contributed by atoms with E-state index >= 15 is 0 Å². The number of hydrogen-bond acceptors (Lipinski definition) is 11. The monoisotopic (exact) mass is 546 g/mol. The summed E-state index contributed by atoms with van der Waals surface area (Å²) >= 11 is 2.06. The number of ether oxygens (including phenoxy) is 2. The van der Waals surface area contributed by atoms with E-state index in [1.54, 1.807) is 13.2 Å². The molecule has 3 rings (SSSR count). The van der Waals surface area contributed by atoms with Gasteiger partial charge in [0, 0.05) is 50.4 Å². The first kappa shape index (κ1) is 27.2. The lowest BCUT2D eigenvalue weighted by molar-refractivity contribution is -0.763. The highest BCUT2D eigenvalue weighted by Crippen LogP contribution is 2.41. The van der Waals surface area contributed by atoms with Crippen LogP contribution in [0.3, 0.4) is 0 Å². The molecule has 2 aromatic rings. The Morgan fingerprint density at radius 1 is 1.34 bits per heavy atom. The molecule has 0 aliphatic carbocycles. The number of carbonyl (C=O) groups is 1. The number of fused-ring (bicyclic) bond motifs is 1. The first-order chi connectivity index (χ1) is 16.7. The van der Waals surface area contributed by atoms with Crippen molar-refractivity contribution >= 4 is 39.4 Å². The molecule has 192 valence electrons. The third-order valence-corrected chi connectivity index (χ3v) is 9.38. The van der Waals surface area contributed by atoms with Gasteiger partial charge in [0.25, 0.3) is 15.1 Å². The van der Waals surface area contributed by atoms with Gasteiger partial charge in [0.05, 0.1) is 4.21 Å². The largest absolute Gasteiger partial charge is 0.422 e. The third kappa shape index (κ3) is 7.28. The number of likely N-dealkylation sites (N-methyl/N-ethyl adjacent to an activating group) is 1. The van der Waals surface area contributed by atoms with E-state index in [0.717, 1.165) is 23.3 Å². The number of hydrogen-bond donors (Lipinski definition) is 2. The zero-order chi connectivity index (χ0) is 25.4. The molecule has 1 aromatic heterocycles. The maximum absolute atomic E-state index is 13.2. The zero-order valence-corrected chi connectivity index (χ0v) is 21.5. The van der Waals surface area contributed by atoms with Crippen LogP contribution in [0, 0.1) is 10.1 Å². The van der Waals surface area contributed by atoms with Gasteiger partial charge in [-0.1, -0.05) is 19.1 Å². The van der Waals surface area contributed by atoms with Gasteiger partial charge in [-0.2, -0.15) is 4.31 Å². The molecule has 1 aromatic carbocycles. The Kier molecular flexibility index (Phi) is 9.71. The van der Waals surface area contributed by atoms with Crippen molar-refractivity contribution in [1.29, 1.82) is 0 Å². The number of amides is 1. The summed E-state index contributed by atoms with van der Waals surface area (Å²) in [6.07, 6.45) is -0.156. The molecule has 1 aliphatic heterocycles. The van der Waals surface area contributed by atoms with Crippen molar-refractivity contribution in [2.24, 2.45) is 0 Å². The van der Waals surface area contributed by atoms with E-state index in [0.29, 0.717) is 48.0 Å². The van der Waals surface area contributed by atoms with Crippen LogP contribution in [0.5, 0.6) is 5.75 Å². The Labute approximate surface area is 211 Å². The summed E-state index contributed by atoms with van der Waals surface area (Å²) in [4.78, 5) is 26.7. The smallest absolute Gasteiger partial charge is 0.410 e. The highest BCUT2D eigenvalue weighted by molar-refractivity contribution is 8.00. The Balaban J connectivity index is 1.63. The molecule has 1 unspecified atom stereocenters. The summed E-state index contributed by atoms with van der Waals surface area (Å²) in [5.74, 6) is 0.236. The topological polar surface area (TPSA) is 149 Å². The minimum atomic E-state index is -3.65. The number of nitrogens with one attached hydrogen (secondary N) is 2. The number of carbonyl (C=O) groups excluding carboxylic acids is 1. The standard InChI is InChI=1S/C20H26N4O8S3/c1-3-21-17-12-23(9-4-10-30-2)35(28,29)19-16(17)11-18(33-19)34-22-20(25)32-15-7-5-14(6-8-15)13-31-24(26)27/h5-8,11,17,21H,3-4,9-10,12-13H2,1-2H3,(H,22,25). The van der Waals surface area contributed by atoms with Crippen molar-refractivity contribution in [2.45, 2.75) is 34.4 Å². The van der Waals surface area contributed by atoms with Crippen molar-refractivity contribution in [3.05, 3.63) is 51.6 Å². The van der Waals surface area contributed by atoms with Crippen molar-refractivity contribution in [3.8, 4) is 5.75 Å². The average Bonchev–Trinajstić information content (AvgIpc) is 3.26. The summed E-state index contributed by atoms with van der Waals surface area (Å²) in [6, 6.07) is 7.66. The number of sulfonamides is 1. The fraction of sp³-hybridized carbons (Fsp3) is 0.450. The van der Waals surface area contributed by atoms with Crippen LogP contribution >= 0.6 is 23.3 Å². The van der Waals surface area contributed by atoms with Crippen LogP contribution < -0.4 is 14.8 Å². The lowest BCUT2D eigenvalue weighted by atomic mass is 10.1. The van der Waals surface area contributed by atoms with Gasteiger partial charge in [0.2, 0.25) is 0 Å². The van der Waals surface area contributed by atoms with E-state index < -0.39 is 21.2 Å². The van der Waals surface area contributed by atoms with Crippen LogP contribution in [-0.2, 0) is 26.2 Å². The first-order valence-electron chi connectivity index (χ1n) is 10.6. The number of rotatable bonds is 12. The second-order valence-electron chi connectivity index (χ2n) is 7.36. The van der Waals surface area contributed by atoms with Crippen molar-refractivity contribution in [2.75, 3.05) is 33.4 Å². The van der Waals surface area contributed by atoms with E-state index in [2.05, 4.69) is 14.9 Å². The predicted octanol–water partition coefficient (Wildman–Crippen LogP) is 2.94. The molecule has 0 saturated heterocycles. The average molecular weight is 547 g/mol. The van der Waals surface area contributed by atoms with Gasteiger partial charge in [-0.15, -0.1) is 21.5 Å². The van der Waals surface area contributed by atoms with Gasteiger partial charge in [0.15, 0.2) is 0 Å².